The van der Waals surface area contributed by atoms with Crippen LogP contribution in [0.2, 0.25) is 0 Å². The monoisotopic (exact) mass is 257 g/mol. The van der Waals surface area contributed by atoms with E-state index >= 15 is 0 Å². The number of amidine groups is 1. The molecule has 0 saturated carbocycles. The Bertz CT molecular complexity index is 459. The Balaban J connectivity index is 1.91. The highest BCUT2D eigenvalue weighted by atomic mass is 14.9. The van der Waals surface area contributed by atoms with Crippen LogP contribution in [0, 0.1) is 12.3 Å². The van der Waals surface area contributed by atoms with Gasteiger partial charge in [0.2, 0.25) is 0 Å². The molecule has 0 bridgehead atoms. The van der Waals surface area contributed by atoms with Gasteiger partial charge in [-0.3, -0.25) is 5.41 Å². The van der Waals surface area contributed by atoms with Crippen molar-refractivity contribution in [3.63, 3.8) is 0 Å². The fourth-order valence-corrected chi connectivity index (χ4v) is 2.52. The van der Waals surface area contributed by atoms with Crippen LogP contribution in [0.1, 0.15) is 36.8 Å². The number of hydrogen-bond donors (Lipinski definition) is 3. The standard InChI is InChI=1S/C16H23N3/c1-12-5-7-13(8-6-12)14-9-10-19-15(11-14)3-2-4-16(17)18/h5-9,15,19H,2-4,10-11H2,1H3,(H3,17,18). The zero-order valence-corrected chi connectivity index (χ0v) is 11.6. The SMILES string of the molecule is Cc1ccc(C2=CCNC(CCCC(=N)N)C2)cc1. The lowest BCUT2D eigenvalue weighted by atomic mass is 9.92. The molecule has 2 rings (SSSR count). The summed E-state index contributed by atoms with van der Waals surface area (Å²) in [5, 5.41) is 10.8. The summed E-state index contributed by atoms with van der Waals surface area (Å²) in [5.41, 5.74) is 9.47. The van der Waals surface area contributed by atoms with E-state index in [4.69, 9.17) is 11.1 Å². The molecule has 0 amide bonds. The Morgan fingerprint density at radius 1 is 1.37 bits per heavy atom. The Labute approximate surface area is 115 Å². The fourth-order valence-electron chi connectivity index (χ4n) is 2.52. The topological polar surface area (TPSA) is 61.9 Å². The average Bonchev–Trinajstić information content (AvgIpc) is 2.39. The van der Waals surface area contributed by atoms with Crippen LogP contribution in [-0.2, 0) is 0 Å². The van der Waals surface area contributed by atoms with Gasteiger partial charge in [0.1, 0.15) is 0 Å². The van der Waals surface area contributed by atoms with E-state index < -0.39 is 0 Å². The van der Waals surface area contributed by atoms with Gasteiger partial charge < -0.3 is 11.1 Å². The first-order chi connectivity index (χ1) is 9.15. The molecule has 19 heavy (non-hydrogen) atoms. The first-order valence-corrected chi connectivity index (χ1v) is 6.97. The van der Waals surface area contributed by atoms with E-state index in [2.05, 4.69) is 42.6 Å². The maximum Gasteiger partial charge on any atom is 0.0905 e. The van der Waals surface area contributed by atoms with Crippen molar-refractivity contribution in [1.82, 2.24) is 5.32 Å². The summed E-state index contributed by atoms with van der Waals surface area (Å²) in [6, 6.07) is 9.27. The van der Waals surface area contributed by atoms with Crippen LogP contribution < -0.4 is 11.1 Å². The lowest BCUT2D eigenvalue weighted by Crippen LogP contribution is -2.33. The van der Waals surface area contributed by atoms with Crippen LogP contribution >= 0.6 is 0 Å². The highest BCUT2D eigenvalue weighted by Gasteiger charge is 2.15. The van der Waals surface area contributed by atoms with E-state index in [1.807, 2.05) is 0 Å². The normalized spacial score (nSPS) is 19.0. The molecule has 0 radical (unpaired) electrons. The summed E-state index contributed by atoms with van der Waals surface area (Å²) in [6.45, 7) is 3.05. The second-order valence-electron chi connectivity index (χ2n) is 5.32. The molecule has 0 spiro atoms. The molecule has 1 aromatic carbocycles. The summed E-state index contributed by atoms with van der Waals surface area (Å²) in [7, 11) is 0. The predicted octanol–water partition coefficient (Wildman–Crippen LogP) is 2.85. The van der Waals surface area contributed by atoms with E-state index in [1.165, 1.54) is 16.7 Å². The first kappa shape index (κ1) is 13.8. The summed E-state index contributed by atoms with van der Waals surface area (Å²) in [6.07, 6.45) is 6.14. The van der Waals surface area contributed by atoms with Crippen molar-refractivity contribution in [1.29, 1.82) is 5.41 Å². The molecule has 1 heterocycles. The second-order valence-corrected chi connectivity index (χ2v) is 5.32. The van der Waals surface area contributed by atoms with E-state index in [9.17, 15) is 0 Å². The van der Waals surface area contributed by atoms with Crippen LogP contribution in [0.5, 0.6) is 0 Å². The molecule has 1 aromatic rings. The summed E-state index contributed by atoms with van der Waals surface area (Å²) >= 11 is 0. The molecule has 0 saturated heterocycles. The Kier molecular flexibility index (Phi) is 4.74. The van der Waals surface area contributed by atoms with Gasteiger partial charge in [0.05, 0.1) is 5.84 Å². The quantitative estimate of drug-likeness (QED) is 0.561. The first-order valence-electron chi connectivity index (χ1n) is 6.97. The lowest BCUT2D eigenvalue weighted by Gasteiger charge is -2.24. The highest BCUT2D eigenvalue weighted by molar-refractivity contribution is 5.76. The minimum absolute atomic E-state index is 0.296. The van der Waals surface area contributed by atoms with Crippen LogP contribution in [-0.4, -0.2) is 18.4 Å². The van der Waals surface area contributed by atoms with Gasteiger partial charge in [0, 0.05) is 19.0 Å². The van der Waals surface area contributed by atoms with Crippen molar-refractivity contribution in [2.75, 3.05) is 6.54 Å². The van der Waals surface area contributed by atoms with Gasteiger partial charge in [0.15, 0.2) is 0 Å². The number of rotatable bonds is 5. The number of nitrogens with one attached hydrogen (secondary N) is 2. The van der Waals surface area contributed by atoms with Crippen LogP contribution in [0.3, 0.4) is 0 Å². The van der Waals surface area contributed by atoms with Gasteiger partial charge >= 0.3 is 0 Å². The predicted molar refractivity (Wildman–Crippen MR) is 81.3 cm³/mol. The molecule has 0 aliphatic carbocycles. The smallest absolute Gasteiger partial charge is 0.0905 e. The molecule has 3 nitrogen and oxygen atoms in total. The maximum absolute atomic E-state index is 7.25. The van der Waals surface area contributed by atoms with Crippen molar-refractivity contribution >= 4 is 11.4 Å². The Morgan fingerprint density at radius 2 is 2.11 bits per heavy atom. The third kappa shape index (κ3) is 4.21. The minimum Gasteiger partial charge on any atom is -0.388 e. The largest absolute Gasteiger partial charge is 0.388 e. The van der Waals surface area contributed by atoms with Crippen molar-refractivity contribution in [3.8, 4) is 0 Å². The second kappa shape index (κ2) is 6.53. The van der Waals surface area contributed by atoms with Crippen molar-refractivity contribution in [3.05, 3.63) is 41.5 Å². The van der Waals surface area contributed by atoms with E-state index in [0.717, 1.165) is 25.8 Å². The van der Waals surface area contributed by atoms with Gasteiger partial charge in [-0.2, -0.15) is 0 Å². The van der Waals surface area contributed by atoms with E-state index in [-0.39, 0.29) is 0 Å². The summed E-state index contributed by atoms with van der Waals surface area (Å²) in [4.78, 5) is 0. The fraction of sp³-hybridized carbons (Fsp3) is 0.438. The number of benzene rings is 1. The van der Waals surface area contributed by atoms with Crippen LogP contribution in [0.15, 0.2) is 30.3 Å². The minimum atomic E-state index is 0.296. The van der Waals surface area contributed by atoms with Gasteiger partial charge in [-0.25, -0.2) is 0 Å². The number of aryl methyl sites for hydroxylation is 1. The third-order valence-electron chi connectivity index (χ3n) is 3.64. The zero-order valence-electron chi connectivity index (χ0n) is 11.6. The van der Waals surface area contributed by atoms with Gasteiger partial charge in [-0.05, 0) is 37.3 Å². The third-order valence-corrected chi connectivity index (χ3v) is 3.64. The van der Waals surface area contributed by atoms with Gasteiger partial charge in [-0.15, -0.1) is 0 Å². The molecule has 3 heteroatoms. The van der Waals surface area contributed by atoms with Crippen molar-refractivity contribution < 1.29 is 0 Å². The molecule has 1 unspecified atom stereocenters. The molecular weight excluding hydrogens is 234 g/mol. The Hall–Kier alpha value is -1.61. The molecule has 4 N–H and O–H groups in total. The molecule has 1 aliphatic rings. The summed E-state index contributed by atoms with van der Waals surface area (Å²) in [5.74, 6) is 0.296. The van der Waals surface area contributed by atoms with Crippen LogP contribution in [0.25, 0.3) is 5.57 Å². The summed E-state index contributed by atoms with van der Waals surface area (Å²) < 4.78 is 0. The zero-order chi connectivity index (χ0) is 13.7. The van der Waals surface area contributed by atoms with Crippen molar-refractivity contribution in [2.24, 2.45) is 5.73 Å². The highest BCUT2D eigenvalue weighted by Crippen LogP contribution is 2.24. The molecule has 1 aliphatic heterocycles. The lowest BCUT2D eigenvalue weighted by molar-refractivity contribution is 0.489. The molecule has 102 valence electrons. The Morgan fingerprint density at radius 3 is 2.79 bits per heavy atom. The average molecular weight is 257 g/mol. The van der Waals surface area contributed by atoms with E-state index in [0.29, 0.717) is 18.3 Å². The molecule has 1 atom stereocenters. The van der Waals surface area contributed by atoms with Crippen molar-refractivity contribution in [2.45, 2.75) is 38.6 Å². The molecular formula is C16H23N3. The van der Waals surface area contributed by atoms with Gasteiger partial charge in [-0.1, -0.05) is 35.9 Å². The maximum atomic E-state index is 7.25. The number of nitrogens with two attached hydrogens (primary N) is 1. The van der Waals surface area contributed by atoms with E-state index in [1.54, 1.807) is 0 Å². The van der Waals surface area contributed by atoms with Gasteiger partial charge in [0.25, 0.3) is 0 Å². The molecule has 0 aromatic heterocycles. The number of hydrogen-bond acceptors (Lipinski definition) is 2. The molecule has 0 fully saturated rings. The van der Waals surface area contributed by atoms with Crippen LogP contribution in [0.4, 0.5) is 0 Å².